The fourth-order valence-corrected chi connectivity index (χ4v) is 2.18. The highest BCUT2D eigenvalue weighted by Gasteiger charge is 2.20. The Bertz CT molecular complexity index is 470. The first-order chi connectivity index (χ1) is 10.5. The molecule has 0 saturated carbocycles. The monoisotopic (exact) mass is 310 g/mol. The minimum absolute atomic E-state index is 0.162. The third-order valence-electron chi connectivity index (χ3n) is 3.43. The van der Waals surface area contributed by atoms with Crippen molar-refractivity contribution in [3.8, 4) is 5.75 Å². The summed E-state index contributed by atoms with van der Waals surface area (Å²) in [7, 11) is 3.13. The molecule has 2 atom stereocenters. The molecule has 0 aliphatic rings. The number of hydrogen-bond acceptors (Lipinski definition) is 5. The minimum atomic E-state index is -0.710. The number of urea groups is 1. The number of nitrogens with zero attached hydrogens (tertiary/aromatic N) is 1. The van der Waals surface area contributed by atoms with Gasteiger partial charge in [-0.1, -0.05) is 25.1 Å². The fraction of sp³-hybridized carbons (Fsp3) is 0.533. The summed E-state index contributed by atoms with van der Waals surface area (Å²) in [5.41, 5.74) is 7.15. The van der Waals surface area contributed by atoms with Gasteiger partial charge in [-0.15, -0.1) is 0 Å². The van der Waals surface area contributed by atoms with E-state index in [4.69, 9.17) is 10.5 Å². The first-order valence-electron chi connectivity index (χ1n) is 7.29. The van der Waals surface area contributed by atoms with E-state index in [-0.39, 0.29) is 12.6 Å². The number of carbonyl (C=O) groups excluding carboxylic acids is 1. The summed E-state index contributed by atoms with van der Waals surface area (Å²) in [4.78, 5) is 13.0. The molecule has 0 heterocycles. The summed E-state index contributed by atoms with van der Waals surface area (Å²) in [6.07, 6.45) is -1.10. The summed E-state index contributed by atoms with van der Waals surface area (Å²) >= 11 is 0. The van der Waals surface area contributed by atoms with E-state index in [0.29, 0.717) is 18.8 Å². The summed E-state index contributed by atoms with van der Waals surface area (Å²) < 4.78 is 5.33. The quantitative estimate of drug-likeness (QED) is 0.516. The van der Waals surface area contributed by atoms with Crippen molar-refractivity contribution in [3.63, 3.8) is 0 Å². The molecule has 1 aromatic carbocycles. The molecule has 0 fully saturated rings. The summed E-state index contributed by atoms with van der Waals surface area (Å²) in [6, 6.07) is 7.22. The largest absolute Gasteiger partial charge is 0.496 e. The standard InChI is InChI=1S/C15H26N4O3/c1-4-19(10-11(20)9-18-15(21)17-2)14(16)12-7-5-6-8-13(12)22-3/h5-8,11,14,20H,4,9-10,16H2,1-3H3,(H2,17,18,21)/t11?,14-/m1/s1. The van der Waals surface area contributed by atoms with E-state index in [2.05, 4.69) is 10.6 Å². The van der Waals surface area contributed by atoms with Gasteiger partial charge in [0.25, 0.3) is 0 Å². The topological polar surface area (TPSA) is 99.8 Å². The van der Waals surface area contributed by atoms with Crippen molar-refractivity contribution in [2.75, 3.05) is 33.8 Å². The fourth-order valence-electron chi connectivity index (χ4n) is 2.18. The van der Waals surface area contributed by atoms with Crippen LogP contribution in [0.5, 0.6) is 5.75 Å². The number of ether oxygens (including phenoxy) is 1. The van der Waals surface area contributed by atoms with E-state index in [0.717, 1.165) is 5.56 Å². The number of methoxy groups -OCH3 is 1. The van der Waals surface area contributed by atoms with Gasteiger partial charge < -0.3 is 26.2 Å². The lowest BCUT2D eigenvalue weighted by atomic mass is 10.1. The molecule has 0 aliphatic carbocycles. The first kappa shape index (κ1) is 18.2. The van der Waals surface area contributed by atoms with Gasteiger partial charge in [0.05, 0.1) is 19.4 Å². The van der Waals surface area contributed by atoms with Gasteiger partial charge in [0.15, 0.2) is 0 Å². The van der Waals surface area contributed by atoms with Crippen molar-refractivity contribution in [3.05, 3.63) is 29.8 Å². The molecule has 1 unspecified atom stereocenters. The van der Waals surface area contributed by atoms with Crippen LogP contribution in [0.25, 0.3) is 0 Å². The van der Waals surface area contributed by atoms with Crippen molar-refractivity contribution >= 4 is 6.03 Å². The lowest BCUT2D eigenvalue weighted by Crippen LogP contribution is -2.45. The van der Waals surface area contributed by atoms with Crippen LogP contribution in [0.15, 0.2) is 24.3 Å². The lowest BCUT2D eigenvalue weighted by Gasteiger charge is -2.30. The molecule has 0 aromatic heterocycles. The highest BCUT2D eigenvalue weighted by atomic mass is 16.5. The number of nitrogens with two attached hydrogens (primary N) is 1. The third kappa shape index (κ3) is 5.18. The second-order valence-electron chi connectivity index (χ2n) is 4.89. The van der Waals surface area contributed by atoms with Crippen LogP contribution in [0, 0.1) is 0 Å². The third-order valence-corrected chi connectivity index (χ3v) is 3.43. The smallest absolute Gasteiger partial charge is 0.314 e. The zero-order chi connectivity index (χ0) is 16.5. The highest BCUT2D eigenvalue weighted by Crippen LogP contribution is 2.25. The van der Waals surface area contributed by atoms with Crippen LogP contribution in [0.1, 0.15) is 18.7 Å². The van der Waals surface area contributed by atoms with E-state index in [1.807, 2.05) is 36.1 Å². The van der Waals surface area contributed by atoms with E-state index in [1.54, 1.807) is 7.11 Å². The molecule has 1 aromatic rings. The molecule has 0 bridgehead atoms. The SMILES string of the molecule is CCN(CC(O)CNC(=O)NC)[C@@H](N)c1ccccc1OC. The summed E-state index contributed by atoms with van der Waals surface area (Å²) in [6.45, 7) is 3.14. The van der Waals surface area contributed by atoms with Crippen molar-refractivity contribution < 1.29 is 14.6 Å². The van der Waals surface area contributed by atoms with E-state index >= 15 is 0 Å². The molecular formula is C15H26N4O3. The first-order valence-corrected chi connectivity index (χ1v) is 7.29. The Balaban J connectivity index is 2.68. The Kier molecular flexibility index (Phi) is 7.65. The van der Waals surface area contributed by atoms with Crippen LogP contribution in [-0.4, -0.2) is 55.9 Å². The molecule has 0 spiro atoms. The van der Waals surface area contributed by atoms with Crippen molar-refractivity contribution in [1.82, 2.24) is 15.5 Å². The highest BCUT2D eigenvalue weighted by molar-refractivity contribution is 5.73. The maximum absolute atomic E-state index is 11.1. The molecule has 1 rings (SSSR count). The summed E-state index contributed by atoms with van der Waals surface area (Å²) in [5.74, 6) is 0.714. The zero-order valence-electron chi connectivity index (χ0n) is 13.4. The van der Waals surface area contributed by atoms with Crippen LogP contribution in [-0.2, 0) is 0 Å². The van der Waals surface area contributed by atoms with Gasteiger partial charge in [0, 0.05) is 25.7 Å². The van der Waals surface area contributed by atoms with Crippen molar-refractivity contribution in [2.24, 2.45) is 5.73 Å². The molecule has 0 aliphatic heterocycles. The van der Waals surface area contributed by atoms with Gasteiger partial charge in [-0.2, -0.15) is 0 Å². The minimum Gasteiger partial charge on any atom is -0.496 e. The number of amides is 2. The number of hydrogen-bond donors (Lipinski definition) is 4. The molecule has 0 saturated heterocycles. The number of likely N-dealkylation sites (N-methyl/N-ethyl adjacent to an activating group) is 1. The van der Waals surface area contributed by atoms with Gasteiger partial charge >= 0.3 is 6.03 Å². The Morgan fingerprint density at radius 2 is 2.14 bits per heavy atom. The van der Waals surface area contributed by atoms with Gasteiger partial charge in [-0.25, -0.2) is 4.79 Å². The second-order valence-corrected chi connectivity index (χ2v) is 4.89. The Hall–Kier alpha value is -1.83. The van der Waals surface area contributed by atoms with Gasteiger partial charge in [-0.05, 0) is 12.6 Å². The molecule has 7 nitrogen and oxygen atoms in total. The molecule has 0 radical (unpaired) electrons. The van der Waals surface area contributed by atoms with Gasteiger partial charge in [0.1, 0.15) is 5.75 Å². The predicted octanol–water partition coefficient (Wildman–Crippen LogP) is 0.264. The zero-order valence-corrected chi connectivity index (χ0v) is 13.4. The number of aliphatic hydroxyl groups is 1. The van der Waals surface area contributed by atoms with E-state index in [1.165, 1.54) is 7.05 Å². The number of benzene rings is 1. The van der Waals surface area contributed by atoms with Crippen LogP contribution in [0.2, 0.25) is 0 Å². The van der Waals surface area contributed by atoms with E-state index in [9.17, 15) is 9.90 Å². The molecule has 22 heavy (non-hydrogen) atoms. The van der Waals surface area contributed by atoms with Crippen LogP contribution in [0.4, 0.5) is 4.79 Å². The van der Waals surface area contributed by atoms with Crippen LogP contribution in [0.3, 0.4) is 0 Å². The Labute approximate surface area is 131 Å². The van der Waals surface area contributed by atoms with E-state index < -0.39 is 12.3 Å². The van der Waals surface area contributed by atoms with Gasteiger partial charge in [0.2, 0.25) is 0 Å². The number of para-hydroxylation sites is 1. The maximum Gasteiger partial charge on any atom is 0.314 e. The lowest BCUT2D eigenvalue weighted by molar-refractivity contribution is 0.0910. The van der Waals surface area contributed by atoms with Crippen molar-refractivity contribution in [1.29, 1.82) is 0 Å². The number of aliphatic hydroxyl groups excluding tert-OH is 1. The number of rotatable bonds is 8. The van der Waals surface area contributed by atoms with Crippen molar-refractivity contribution in [2.45, 2.75) is 19.2 Å². The van der Waals surface area contributed by atoms with Gasteiger partial charge in [-0.3, -0.25) is 4.90 Å². The molecule has 2 amide bonds. The number of nitrogens with one attached hydrogen (secondary N) is 2. The second kappa shape index (κ2) is 9.24. The molecule has 7 heteroatoms. The molecular weight excluding hydrogens is 284 g/mol. The number of carbonyl (C=O) groups is 1. The maximum atomic E-state index is 11.1. The average Bonchev–Trinajstić information content (AvgIpc) is 2.56. The predicted molar refractivity (Wildman–Crippen MR) is 85.6 cm³/mol. The molecule has 124 valence electrons. The average molecular weight is 310 g/mol. The Morgan fingerprint density at radius 3 is 2.73 bits per heavy atom. The normalized spacial score (nSPS) is 13.5. The molecule has 5 N–H and O–H groups in total. The Morgan fingerprint density at radius 1 is 1.45 bits per heavy atom. The van der Waals surface area contributed by atoms with Crippen LogP contribution >= 0.6 is 0 Å². The summed E-state index contributed by atoms with van der Waals surface area (Å²) in [5, 5.41) is 15.1. The van der Waals surface area contributed by atoms with Crippen LogP contribution < -0.4 is 21.1 Å².